The molecule has 128 valence electrons. The van der Waals surface area contributed by atoms with Crippen molar-refractivity contribution in [2.45, 2.75) is 39.0 Å². The molecule has 0 amide bonds. The lowest BCUT2D eigenvalue weighted by molar-refractivity contribution is 0.403. The number of halogens is 1. The molecule has 5 heteroatoms. The first kappa shape index (κ1) is 17.0. The second-order valence-electron chi connectivity index (χ2n) is 6.93. The minimum atomic E-state index is -0.318. The largest absolute Gasteiger partial charge is 0.369 e. The first-order valence-electron chi connectivity index (χ1n) is 8.61. The summed E-state index contributed by atoms with van der Waals surface area (Å²) in [5.74, 6) is 1.26. The van der Waals surface area contributed by atoms with Crippen LogP contribution in [0.25, 0.3) is 0 Å². The van der Waals surface area contributed by atoms with Crippen LogP contribution in [0.5, 0.6) is 0 Å². The Kier molecular flexibility index (Phi) is 5.24. The van der Waals surface area contributed by atoms with Crippen molar-refractivity contribution in [3.05, 3.63) is 57.0 Å². The zero-order chi connectivity index (χ0) is 17.1. The van der Waals surface area contributed by atoms with Gasteiger partial charge in [-0.1, -0.05) is 49.7 Å². The van der Waals surface area contributed by atoms with Crippen molar-refractivity contribution >= 4 is 17.3 Å². The van der Waals surface area contributed by atoms with E-state index in [-0.39, 0.29) is 10.6 Å². The third kappa shape index (κ3) is 3.81. The predicted octanol–water partition coefficient (Wildman–Crippen LogP) is 4.01. The van der Waals surface area contributed by atoms with Crippen LogP contribution >= 0.6 is 11.6 Å². The molecular weight excluding hydrogens is 322 g/mol. The van der Waals surface area contributed by atoms with Crippen LogP contribution in [0.4, 0.5) is 5.69 Å². The number of aromatic nitrogens is 2. The molecule has 1 fully saturated rings. The van der Waals surface area contributed by atoms with E-state index in [1.807, 2.05) is 0 Å². The number of H-pyrrole nitrogens is 1. The molecule has 0 atom stereocenters. The standard InChI is InChI=1S/C19H24ClN3O/c1-13(2)16-5-3-14(4-6-16)11-15-7-9-23(10-8-15)17-12-21-22-19(24)18(17)20/h3-6,12-13,15H,7-11H2,1-2H3,(H,22,24). The average Bonchev–Trinajstić information content (AvgIpc) is 2.59. The maximum absolute atomic E-state index is 11.6. The van der Waals surface area contributed by atoms with Gasteiger partial charge in [0.15, 0.2) is 0 Å². The minimum absolute atomic E-state index is 0.243. The number of benzene rings is 1. The van der Waals surface area contributed by atoms with Gasteiger partial charge in [-0.25, -0.2) is 5.10 Å². The molecule has 2 heterocycles. The van der Waals surface area contributed by atoms with Crippen LogP contribution in [0.2, 0.25) is 5.02 Å². The molecule has 1 aromatic heterocycles. The first-order chi connectivity index (χ1) is 11.5. The highest BCUT2D eigenvalue weighted by Gasteiger charge is 2.22. The van der Waals surface area contributed by atoms with Crippen molar-refractivity contribution < 1.29 is 0 Å². The zero-order valence-corrected chi connectivity index (χ0v) is 15.0. The van der Waals surface area contributed by atoms with E-state index >= 15 is 0 Å². The van der Waals surface area contributed by atoms with Crippen molar-refractivity contribution in [2.75, 3.05) is 18.0 Å². The molecule has 1 aliphatic rings. The minimum Gasteiger partial charge on any atom is -0.369 e. The Morgan fingerprint density at radius 2 is 1.92 bits per heavy atom. The van der Waals surface area contributed by atoms with Gasteiger partial charge in [0, 0.05) is 13.1 Å². The normalized spacial score (nSPS) is 15.9. The summed E-state index contributed by atoms with van der Waals surface area (Å²) in [7, 11) is 0. The Balaban J connectivity index is 1.59. The van der Waals surface area contributed by atoms with Crippen LogP contribution in [0.15, 0.2) is 35.3 Å². The first-order valence-corrected chi connectivity index (χ1v) is 8.99. The Hall–Kier alpha value is -1.81. The molecule has 0 spiro atoms. The number of hydrogen-bond donors (Lipinski definition) is 1. The summed E-state index contributed by atoms with van der Waals surface area (Å²) in [6, 6.07) is 9.02. The molecule has 1 N–H and O–H groups in total. The second-order valence-corrected chi connectivity index (χ2v) is 7.31. The molecule has 24 heavy (non-hydrogen) atoms. The lowest BCUT2D eigenvalue weighted by Gasteiger charge is -2.33. The van der Waals surface area contributed by atoms with Crippen LogP contribution in [0, 0.1) is 5.92 Å². The van der Waals surface area contributed by atoms with Gasteiger partial charge in [-0.15, -0.1) is 0 Å². The topological polar surface area (TPSA) is 49.0 Å². The van der Waals surface area contributed by atoms with Gasteiger partial charge in [-0.2, -0.15) is 5.10 Å². The highest BCUT2D eigenvalue weighted by molar-refractivity contribution is 6.32. The summed E-state index contributed by atoms with van der Waals surface area (Å²) in [5, 5.41) is 6.48. The quantitative estimate of drug-likeness (QED) is 0.910. The van der Waals surface area contributed by atoms with Gasteiger partial charge in [0.25, 0.3) is 5.56 Å². The second kappa shape index (κ2) is 7.39. The van der Waals surface area contributed by atoms with E-state index < -0.39 is 0 Å². The van der Waals surface area contributed by atoms with Crippen molar-refractivity contribution in [3.8, 4) is 0 Å². The van der Waals surface area contributed by atoms with Crippen molar-refractivity contribution in [1.82, 2.24) is 10.2 Å². The molecule has 1 aliphatic heterocycles. The molecule has 2 aromatic rings. The number of nitrogens with one attached hydrogen (secondary N) is 1. The lowest BCUT2D eigenvalue weighted by Crippen LogP contribution is -2.35. The van der Waals surface area contributed by atoms with Crippen molar-refractivity contribution in [1.29, 1.82) is 0 Å². The summed E-state index contributed by atoms with van der Waals surface area (Å²) < 4.78 is 0. The van der Waals surface area contributed by atoms with Crippen molar-refractivity contribution in [3.63, 3.8) is 0 Å². The molecule has 0 bridgehead atoms. The monoisotopic (exact) mass is 345 g/mol. The summed E-state index contributed by atoms with van der Waals surface area (Å²) >= 11 is 6.11. The number of nitrogens with zero attached hydrogens (tertiary/aromatic N) is 2. The third-order valence-corrected chi connectivity index (χ3v) is 5.27. The number of rotatable bonds is 4. The molecule has 0 aliphatic carbocycles. The fourth-order valence-electron chi connectivity index (χ4n) is 3.34. The molecule has 0 unspecified atom stereocenters. The zero-order valence-electron chi connectivity index (χ0n) is 14.3. The number of aromatic amines is 1. The van der Waals surface area contributed by atoms with Crippen LogP contribution in [0.3, 0.4) is 0 Å². The van der Waals surface area contributed by atoms with Crippen LogP contribution in [-0.4, -0.2) is 23.3 Å². The molecular formula is C19H24ClN3O. The maximum Gasteiger partial charge on any atom is 0.285 e. The van der Waals surface area contributed by atoms with E-state index in [2.05, 4.69) is 53.2 Å². The van der Waals surface area contributed by atoms with Crippen LogP contribution < -0.4 is 10.5 Å². The highest BCUT2D eigenvalue weighted by atomic mass is 35.5. The van der Waals surface area contributed by atoms with E-state index in [1.165, 1.54) is 11.1 Å². The van der Waals surface area contributed by atoms with Gasteiger partial charge in [0.05, 0.1) is 11.9 Å². The smallest absolute Gasteiger partial charge is 0.285 e. The van der Waals surface area contributed by atoms with E-state index in [1.54, 1.807) is 6.20 Å². The van der Waals surface area contributed by atoms with Crippen molar-refractivity contribution in [2.24, 2.45) is 5.92 Å². The van der Waals surface area contributed by atoms with E-state index in [9.17, 15) is 4.79 Å². The number of piperidine rings is 1. The summed E-state index contributed by atoms with van der Waals surface area (Å²) in [5.41, 5.74) is 3.24. The lowest BCUT2D eigenvalue weighted by atomic mass is 9.89. The summed E-state index contributed by atoms with van der Waals surface area (Å²) in [4.78, 5) is 13.8. The SMILES string of the molecule is CC(C)c1ccc(CC2CCN(c3cn[nH]c(=O)c3Cl)CC2)cc1. The maximum atomic E-state index is 11.6. The number of hydrogen-bond acceptors (Lipinski definition) is 3. The Bertz CT molecular complexity index is 731. The van der Waals surface area contributed by atoms with E-state index in [4.69, 9.17) is 11.6 Å². The van der Waals surface area contributed by atoms with Gasteiger partial charge in [-0.3, -0.25) is 4.79 Å². The van der Waals surface area contributed by atoms with Gasteiger partial charge < -0.3 is 4.90 Å². The van der Waals surface area contributed by atoms with Gasteiger partial charge >= 0.3 is 0 Å². The summed E-state index contributed by atoms with van der Waals surface area (Å²) in [6.45, 7) is 6.28. The fraction of sp³-hybridized carbons (Fsp3) is 0.474. The molecule has 3 rings (SSSR count). The highest BCUT2D eigenvalue weighted by Crippen LogP contribution is 2.28. The average molecular weight is 346 g/mol. The molecule has 1 saturated heterocycles. The molecule has 1 aromatic carbocycles. The van der Waals surface area contributed by atoms with Crippen LogP contribution in [0.1, 0.15) is 43.7 Å². The Morgan fingerprint density at radius 3 is 2.54 bits per heavy atom. The van der Waals surface area contributed by atoms with Gasteiger partial charge in [0.2, 0.25) is 0 Å². The Labute approximate surface area is 147 Å². The number of anilines is 1. The summed E-state index contributed by atoms with van der Waals surface area (Å²) in [6.07, 6.45) is 4.98. The van der Waals surface area contributed by atoms with Crippen LogP contribution in [-0.2, 0) is 6.42 Å². The molecule has 4 nitrogen and oxygen atoms in total. The van der Waals surface area contributed by atoms with Gasteiger partial charge in [0.1, 0.15) is 5.02 Å². The van der Waals surface area contributed by atoms with E-state index in [0.29, 0.717) is 11.8 Å². The van der Waals surface area contributed by atoms with E-state index in [0.717, 1.165) is 38.0 Å². The third-order valence-electron chi connectivity index (χ3n) is 4.90. The molecule has 0 saturated carbocycles. The molecule has 0 radical (unpaired) electrons. The van der Waals surface area contributed by atoms with Gasteiger partial charge in [-0.05, 0) is 42.2 Å². The Morgan fingerprint density at radius 1 is 1.25 bits per heavy atom. The fourth-order valence-corrected chi connectivity index (χ4v) is 3.56. The predicted molar refractivity (Wildman–Crippen MR) is 99.0 cm³/mol.